The number of nitrogens with zero attached hydrogens (tertiary/aromatic N) is 3. The van der Waals surface area contributed by atoms with Gasteiger partial charge < -0.3 is 10.2 Å². The first kappa shape index (κ1) is 16.5. The highest BCUT2D eigenvalue weighted by atomic mass is 16.2. The van der Waals surface area contributed by atoms with E-state index in [1.165, 1.54) is 0 Å². The molecule has 130 valence electrons. The normalized spacial score (nSPS) is 23.5. The molecule has 1 unspecified atom stereocenters. The van der Waals surface area contributed by atoms with Crippen LogP contribution >= 0.6 is 0 Å². The smallest absolute Gasteiger partial charge is 0.325 e. The Hall–Kier alpha value is -2.38. The number of hydrogen-bond acceptors (Lipinski definition) is 4. The zero-order valence-corrected chi connectivity index (χ0v) is 14.3. The van der Waals surface area contributed by atoms with Gasteiger partial charge in [0.15, 0.2) is 0 Å². The van der Waals surface area contributed by atoms with Crippen LogP contribution in [0.1, 0.15) is 50.4 Å². The molecule has 1 atom stereocenters. The second kappa shape index (κ2) is 5.92. The van der Waals surface area contributed by atoms with Crippen molar-refractivity contribution in [2.75, 3.05) is 13.1 Å². The minimum atomic E-state index is -0.960. The summed E-state index contributed by atoms with van der Waals surface area (Å²) >= 11 is 0. The number of piperidine rings is 1. The number of carbonyl (C=O) groups is 3. The number of hydrogen-bond donors (Lipinski definition) is 2. The van der Waals surface area contributed by atoms with Crippen molar-refractivity contribution < 1.29 is 14.4 Å². The summed E-state index contributed by atoms with van der Waals surface area (Å²) in [4.78, 5) is 39.8. The zero-order valence-electron chi connectivity index (χ0n) is 14.3. The molecular formula is C16H23N5O3. The van der Waals surface area contributed by atoms with Gasteiger partial charge in [-0.1, -0.05) is 0 Å². The van der Waals surface area contributed by atoms with Gasteiger partial charge in [0.05, 0.1) is 17.9 Å². The molecule has 3 rings (SSSR count). The minimum Gasteiger partial charge on any atom is -0.333 e. The Morgan fingerprint density at radius 2 is 2.12 bits per heavy atom. The molecule has 0 radical (unpaired) electrons. The van der Waals surface area contributed by atoms with Crippen LogP contribution < -0.4 is 5.32 Å². The van der Waals surface area contributed by atoms with Crippen LogP contribution in [0.3, 0.4) is 0 Å². The van der Waals surface area contributed by atoms with Gasteiger partial charge in [-0.05, 0) is 45.6 Å². The van der Waals surface area contributed by atoms with Crippen LogP contribution in [-0.4, -0.2) is 56.5 Å². The van der Waals surface area contributed by atoms with Gasteiger partial charge in [0.1, 0.15) is 12.1 Å². The monoisotopic (exact) mass is 333 g/mol. The fourth-order valence-corrected chi connectivity index (χ4v) is 3.41. The van der Waals surface area contributed by atoms with Gasteiger partial charge in [-0.3, -0.25) is 19.6 Å². The molecule has 0 saturated carbocycles. The second-order valence-electron chi connectivity index (χ2n) is 7.01. The summed E-state index contributed by atoms with van der Waals surface area (Å²) in [5, 5.41) is 9.63. The number of likely N-dealkylation sites (tertiary alicyclic amines) is 1. The highest BCUT2D eigenvalue weighted by molar-refractivity contribution is 6.08. The van der Waals surface area contributed by atoms with Gasteiger partial charge in [0.2, 0.25) is 5.91 Å². The van der Waals surface area contributed by atoms with E-state index in [1.54, 1.807) is 24.9 Å². The van der Waals surface area contributed by atoms with E-state index in [0.29, 0.717) is 6.54 Å². The largest absolute Gasteiger partial charge is 0.333 e. The second-order valence-corrected chi connectivity index (χ2v) is 7.01. The number of urea groups is 1. The Balaban J connectivity index is 1.77. The van der Waals surface area contributed by atoms with Crippen LogP contribution in [0.5, 0.6) is 0 Å². The highest BCUT2D eigenvalue weighted by Crippen LogP contribution is 2.31. The molecule has 8 heteroatoms. The van der Waals surface area contributed by atoms with Gasteiger partial charge >= 0.3 is 6.03 Å². The number of amides is 4. The maximum atomic E-state index is 12.8. The summed E-state index contributed by atoms with van der Waals surface area (Å²) in [7, 11) is 0. The minimum absolute atomic E-state index is 0.0810. The predicted molar refractivity (Wildman–Crippen MR) is 86.0 cm³/mol. The molecule has 24 heavy (non-hydrogen) atoms. The summed E-state index contributed by atoms with van der Waals surface area (Å²) in [6, 6.07) is -0.591. The van der Waals surface area contributed by atoms with E-state index in [-0.39, 0.29) is 24.4 Å². The first-order valence-corrected chi connectivity index (χ1v) is 8.24. The third kappa shape index (κ3) is 2.76. The summed E-state index contributed by atoms with van der Waals surface area (Å²) < 4.78 is 0. The fraction of sp³-hybridized carbons (Fsp3) is 0.625. The molecule has 0 aromatic carbocycles. The third-order valence-corrected chi connectivity index (χ3v) is 4.76. The quantitative estimate of drug-likeness (QED) is 0.809. The van der Waals surface area contributed by atoms with E-state index in [1.807, 2.05) is 6.92 Å². The lowest BCUT2D eigenvalue weighted by Gasteiger charge is -2.36. The summed E-state index contributed by atoms with van der Waals surface area (Å²) in [5.74, 6) is -0.581. The maximum Gasteiger partial charge on any atom is 0.325 e. The molecule has 0 aliphatic carbocycles. The van der Waals surface area contributed by atoms with Crippen molar-refractivity contribution in [3.05, 3.63) is 17.5 Å². The van der Waals surface area contributed by atoms with Crippen molar-refractivity contribution in [3.63, 3.8) is 0 Å². The van der Waals surface area contributed by atoms with Crippen molar-refractivity contribution >= 4 is 17.8 Å². The number of carbonyl (C=O) groups excluding carboxylic acids is 3. The summed E-state index contributed by atoms with van der Waals surface area (Å²) in [6.07, 6.45) is 4.54. The molecule has 2 N–H and O–H groups in total. The van der Waals surface area contributed by atoms with E-state index in [9.17, 15) is 14.4 Å². The number of imide groups is 1. The van der Waals surface area contributed by atoms with E-state index < -0.39 is 11.6 Å². The van der Waals surface area contributed by atoms with E-state index in [2.05, 4.69) is 15.5 Å². The number of nitrogens with one attached hydrogen (secondary N) is 2. The molecule has 2 saturated heterocycles. The molecule has 3 heterocycles. The molecule has 4 amide bonds. The molecule has 0 spiro atoms. The van der Waals surface area contributed by atoms with Gasteiger partial charge in [-0.2, -0.15) is 5.10 Å². The Bertz CT molecular complexity index is 681. The summed E-state index contributed by atoms with van der Waals surface area (Å²) in [6.45, 7) is 5.62. The SMILES string of the molecule is Cc1cn[nH]c1C1CCCCN1C(=O)CN1C(=O)NC(C)(C)C1=O. The van der Waals surface area contributed by atoms with Crippen molar-refractivity contribution in [2.45, 2.75) is 51.6 Å². The molecule has 2 aliphatic heterocycles. The Labute approximate surface area is 140 Å². The van der Waals surface area contributed by atoms with Crippen LogP contribution in [0.15, 0.2) is 6.20 Å². The average molecular weight is 333 g/mol. The Morgan fingerprint density at radius 1 is 1.38 bits per heavy atom. The number of aromatic nitrogens is 2. The molecule has 2 fully saturated rings. The first-order chi connectivity index (χ1) is 11.3. The van der Waals surface area contributed by atoms with Gasteiger partial charge in [0.25, 0.3) is 5.91 Å². The number of aromatic amines is 1. The van der Waals surface area contributed by atoms with Crippen LogP contribution in [0, 0.1) is 6.92 Å². The standard InChI is InChI=1S/C16H23N5O3/c1-10-8-17-19-13(10)11-6-4-5-7-20(11)12(22)9-21-14(23)16(2,3)18-15(21)24/h8,11H,4-7,9H2,1-3H3,(H,17,19)(H,18,24). The molecule has 8 nitrogen and oxygen atoms in total. The van der Waals surface area contributed by atoms with Crippen molar-refractivity contribution in [1.82, 2.24) is 25.3 Å². The van der Waals surface area contributed by atoms with Crippen molar-refractivity contribution in [3.8, 4) is 0 Å². The van der Waals surface area contributed by atoms with Gasteiger partial charge in [0, 0.05) is 6.54 Å². The lowest BCUT2D eigenvalue weighted by molar-refractivity contribution is -0.141. The average Bonchev–Trinajstić information content (AvgIpc) is 3.04. The molecule has 1 aromatic heterocycles. The molecule has 1 aromatic rings. The fourth-order valence-electron chi connectivity index (χ4n) is 3.41. The molecule has 2 aliphatic rings. The zero-order chi connectivity index (χ0) is 17.5. The van der Waals surface area contributed by atoms with E-state index in [0.717, 1.165) is 35.4 Å². The Morgan fingerprint density at radius 3 is 2.71 bits per heavy atom. The van der Waals surface area contributed by atoms with Crippen LogP contribution in [-0.2, 0) is 9.59 Å². The molecular weight excluding hydrogens is 310 g/mol. The topological polar surface area (TPSA) is 98.4 Å². The van der Waals surface area contributed by atoms with Crippen LogP contribution in [0.25, 0.3) is 0 Å². The Kier molecular flexibility index (Phi) is 4.06. The summed E-state index contributed by atoms with van der Waals surface area (Å²) in [5.41, 5.74) is 0.981. The number of H-pyrrole nitrogens is 1. The van der Waals surface area contributed by atoms with Crippen molar-refractivity contribution in [2.24, 2.45) is 0 Å². The van der Waals surface area contributed by atoms with Crippen molar-refractivity contribution in [1.29, 1.82) is 0 Å². The third-order valence-electron chi connectivity index (χ3n) is 4.76. The molecule has 0 bridgehead atoms. The van der Waals surface area contributed by atoms with Gasteiger partial charge in [-0.15, -0.1) is 0 Å². The van der Waals surface area contributed by atoms with Crippen LogP contribution in [0.2, 0.25) is 0 Å². The van der Waals surface area contributed by atoms with Crippen LogP contribution in [0.4, 0.5) is 4.79 Å². The van der Waals surface area contributed by atoms with E-state index in [4.69, 9.17) is 0 Å². The lowest BCUT2D eigenvalue weighted by atomic mass is 9.97. The number of rotatable bonds is 3. The maximum absolute atomic E-state index is 12.8. The van der Waals surface area contributed by atoms with Gasteiger partial charge in [-0.25, -0.2) is 4.79 Å². The van der Waals surface area contributed by atoms with E-state index >= 15 is 0 Å². The first-order valence-electron chi connectivity index (χ1n) is 8.24. The lowest BCUT2D eigenvalue weighted by Crippen LogP contribution is -2.47. The highest BCUT2D eigenvalue weighted by Gasteiger charge is 2.45. The predicted octanol–water partition coefficient (Wildman–Crippen LogP) is 1.10. The number of aryl methyl sites for hydroxylation is 1.